The number of carbonyl (C=O) groups is 2. The number of ether oxygens (including phenoxy) is 1. The molecule has 2 aromatic rings. The minimum atomic E-state index is -3.88. The predicted molar refractivity (Wildman–Crippen MR) is 100 cm³/mol. The lowest BCUT2D eigenvalue weighted by molar-refractivity contribution is -0.147. The third kappa shape index (κ3) is 6.14. The maximum Gasteiger partial charge on any atom is 0.321 e. The number of aryl methyl sites for hydroxylation is 2. The summed E-state index contributed by atoms with van der Waals surface area (Å²) in [6.45, 7) is 2.37. The van der Waals surface area contributed by atoms with Crippen molar-refractivity contribution < 1.29 is 27.1 Å². The van der Waals surface area contributed by atoms with E-state index in [9.17, 15) is 22.4 Å². The average Bonchev–Trinajstić information content (AvgIpc) is 2.66. The van der Waals surface area contributed by atoms with E-state index in [1.54, 1.807) is 19.1 Å². The Hall–Kier alpha value is -2.78. The fourth-order valence-corrected chi connectivity index (χ4v) is 3.26. The van der Waals surface area contributed by atoms with Gasteiger partial charge in [0, 0.05) is 12.1 Å². The van der Waals surface area contributed by atoms with Crippen molar-refractivity contribution in [3.05, 3.63) is 65.0 Å². The first-order valence-corrected chi connectivity index (χ1v) is 9.90. The van der Waals surface area contributed by atoms with Crippen molar-refractivity contribution in [1.29, 1.82) is 0 Å². The van der Waals surface area contributed by atoms with Gasteiger partial charge in [-0.05, 0) is 43.2 Å². The molecule has 0 heterocycles. The van der Waals surface area contributed by atoms with Crippen LogP contribution in [0, 0.1) is 19.7 Å². The maximum absolute atomic E-state index is 13.5. The van der Waals surface area contributed by atoms with E-state index in [-0.39, 0.29) is 11.4 Å². The van der Waals surface area contributed by atoms with Crippen LogP contribution in [0.25, 0.3) is 0 Å². The molecule has 0 aromatic heterocycles. The van der Waals surface area contributed by atoms with E-state index in [2.05, 4.69) is 10.0 Å². The van der Waals surface area contributed by atoms with Gasteiger partial charge in [0.2, 0.25) is 10.0 Å². The molecular weight excluding hydrogens is 387 g/mol. The quantitative estimate of drug-likeness (QED) is 0.646. The highest BCUT2D eigenvalue weighted by atomic mass is 32.2. The molecule has 7 nitrogen and oxygen atoms in total. The van der Waals surface area contributed by atoms with Crippen molar-refractivity contribution in [2.75, 3.05) is 13.2 Å². The summed E-state index contributed by atoms with van der Waals surface area (Å²) >= 11 is 0. The molecule has 1 amide bonds. The number of amides is 1. The number of esters is 1. The summed E-state index contributed by atoms with van der Waals surface area (Å²) in [6.07, 6.45) is 0. The molecule has 0 aliphatic heterocycles. The zero-order chi connectivity index (χ0) is 20.7. The Morgan fingerprint density at radius 1 is 1.07 bits per heavy atom. The first-order chi connectivity index (χ1) is 13.2. The number of sulfonamides is 1. The van der Waals surface area contributed by atoms with Crippen molar-refractivity contribution in [2.45, 2.75) is 25.3 Å². The molecule has 2 rings (SSSR count). The molecule has 9 heteroatoms. The lowest BCUT2D eigenvalue weighted by Gasteiger charge is -2.09. The van der Waals surface area contributed by atoms with E-state index in [0.29, 0.717) is 5.56 Å². The summed E-state index contributed by atoms with van der Waals surface area (Å²) < 4.78 is 44.7. The highest BCUT2D eigenvalue weighted by molar-refractivity contribution is 7.89. The molecule has 2 N–H and O–H groups in total. The van der Waals surface area contributed by atoms with E-state index in [0.717, 1.165) is 11.1 Å². The van der Waals surface area contributed by atoms with E-state index in [4.69, 9.17) is 4.74 Å². The highest BCUT2D eigenvalue weighted by Crippen LogP contribution is 2.14. The number of hydrogen-bond donors (Lipinski definition) is 2. The molecular formula is C19H21FN2O5S. The van der Waals surface area contributed by atoms with Crippen LogP contribution in [0.3, 0.4) is 0 Å². The fourth-order valence-electron chi connectivity index (χ4n) is 2.20. The molecule has 150 valence electrons. The van der Waals surface area contributed by atoms with E-state index >= 15 is 0 Å². The molecule has 0 aliphatic carbocycles. The summed E-state index contributed by atoms with van der Waals surface area (Å²) in [6, 6.07) is 10.5. The van der Waals surface area contributed by atoms with Crippen molar-refractivity contribution in [3.63, 3.8) is 0 Å². The van der Waals surface area contributed by atoms with Crippen LogP contribution in [0.5, 0.6) is 0 Å². The van der Waals surface area contributed by atoms with Crippen LogP contribution in [0.15, 0.2) is 47.4 Å². The van der Waals surface area contributed by atoms with Crippen LogP contribution < -0.4 is 10.0 Å². The van der Waals surface area contributed by atoms with Gasteiger partial charge in [-0.2, -0.15) is 4.72 Å². The highest BCUT2D eigenvalue weighted by Gasteiger charge is 2.17. The molecule has 0 saturated heterocycles. The summed E-state index contributed by atoms with van der Waals surface area (Å²) in [4.78, 5) is 23.4. The second-order valence-corrected chi connectivity index (χ2v) is 7.87. The normalized spacial score (nSPS) is 11.1. The predicted octanol–water partition coefficient (Wildman–Crippen LogP) is 1.58. The second-order valence-electron chi connectivity index (χ2n) is 6.10. The summed E-state index contributed by atoms with van der Waals surface area (Å²) in [5.41, 5.74) is 2.04. The van der Waals surface area contributed by atoms with Gasteiger partial charge < -0.3 is 10.1 Å². The van der Waals surface area contributed by atoms with E-state index in [1.165, 1.54) is 30.3 Å². The minimum absolute atomic E-state index is 0.0334. The van der Waals surface area contributed by atoms with Crippen molar-refractivity contribution in [1.82, 2.24) is 10.0 Å². The fraction of sp³-hybridized carbons (Fsp3) is 0.263. The average molecular weight is 408 g/mol. The summed E-state index contributed by atoms with van der Waals surface area (Å²) in [5.74, 6) is -2.00. The van der Waals surface area contributed by atoms with Gasteiger partial charge in [0.1, 0.15) is 12.4 Å². The SMILES string of the molecule is Cc1ccc(S(=O)(=O)NCC(=O)OCC(=O)NCc2ccccc2F)cc1C. The van der Waals surface area contributed by atoms with E-state index in [1.807, 2.05) is 6.92 Å². The van der Waals surface area contributed by atoms with Crippen LogP contribution >= 0.6 is 0 Å². The Bertz CT molecular complexity index is 976. The van der Waals surface area contributed by atoms with Crippen LogP contribution in [-0.4, -0.2) is 33.4 Å². The molecule has 2 aromatic carbocycles. The van der Waals surface area contributed by atoms with Gasteiger partial charge in [0.25, 0.3) is 5.91 Å². The number of hydrogen-bond acceptors (Lipinski definition) is 5. The van der Waals surface area contributed by atoms with Crippen LogP contribution in [0.4, 0.5) is 4.39 Å². The molecule has 28 heavy (non-hydrogen) atoms. The zero-order valence-electron chi connectivity index (χ0n) is 15.5. The first-order valence-electron chi connectivity index (χ1n) is 8.41. The van der Waals surface area contributed by atoms with Gasteiger partial charge in [-0.25, -0.2) is 12.8 Å². The molecule has 0 saturated carbocycles. The second kappa shape index (κ2) is 9.43. The Morgan fingerprint density at radius 3 is 2.46 bits per heavy atom. The van der Waals surface area contributed by atoms with Gasteiger partial charge in [0.05, 0.1) is 4.90 Å². The Kier molecular flexibility index (Phi) is 7.24. The van der Waals surface area contributed by atoms with Gasteiger partial charge in [0.15, 0.2) is 6.61 Å². The van der Waals surface area contributed by atoms with Gasteiger partial charge >= 0.3 is 5.97 Å². The molecule has 0 aliphatic rings. The third-order valence-corrected chi connectivity index (χ3v) is 5.39. The monoisotopic (exact) mass is 408 g/mol. The number of halogens is 1. The molecule has 0 fully saturated rings. The summed E-state index contributed by atoms with van der Waals surface area (Å²) in [7, 11) is -3.88. The Morgan fingerprint density at radius 2 is 1.79 bits per heavy atom. The topological polar surface area (TPSA) is 102 Å². The van der Waals surface area contributed by atoms with Crippen LogP contribution in [0.1, 0.15) is 16.7 Å². The van der Waals surface area contributed by atoms with E-state index < -0.39 is 40.9 Å². The number of nitrogens with one attached hydrogen (secondary N) is 2. The Balaban J connectivity index is 1.78. The molecule has 0 spiro atoms. The lowest BCUT2D eigenvalue weighted by Crippen LogP contribution is -2.34. The van der Waals surface area contributed by atoms with Gasteiger partial charge in [-0.1, -0.05) is 24.3 Å². The molecule has 0 atom stereocenters. The Labute approximate surface area is 163 Å². The summed E-state index contributed by atoms with van der Waals surface area (Å²) in [5, 5.41) is 2.41. The maximum atomic E-state index is 13.5. The standard InChI is InChI=1S/C19H21FN2O5S/c1-13-7-8-16(9-14(13)2)28(25,26)22-11-19(24)27-12-18(23)21-10-15-5-3-4-6-17(15)20/h3-9,22H,10-12H2,1-2H3,(H,21,23). The van der Waals surface area contributed by atoms with Crippen molar-refractivity contribution in [2.24, 2.45) is 0 Å². The minimum Gasteiger partial charge on any atom is -0.455 e. The number of rotatable bonds is 8. The lowest BCUT2D eigenvalue weighted by atomic mass is 10.1. The van der Waals surface area contributed by atoms with Gasteiger partial charge in [-0.15, -0.1) is 0 Å². The molecule has 0 bridgehead atoms. The largest absolute Gasteiger partial charge is 0.455 e. The van der Waals surface area contributed by atoms with Crippen molar-refractivity contribution in [3.8, 4) is 0 Å². The molecule has 0 radical (unpaired) electrons. The van der Waals surface area contributed by atoms with Gasteiger partial charge in [-0.3, -0.25) is 9.59 Å². The smallest absolute Gasteiger partial charge is 0.321 e. The van der Waals surface area contributed by atoms with Crippen LogP contribution in [-0.2, 0) is 30.9 Å². The van der Waals surface area contributed by atoms with Crippen molar-refractivity contribution >= 4 is 21.9 Å². The zero-order valence-corrected chi connectivity index (χ0v) is 16.3. The number of carbonyl (C=O) groups excluding carboxylic acids is 2. The molecule has 0 unspecified atom stereocenters. The third-order valence-electron chi connectivity index (χ3n) is 3.99. The van der Waals surface area contributed by atoms with Crippen LogP contribution in [0.2, 0.25) is 0 Å². The first kappa shape index (κ1) is 21.5. The number of benzene rings is 2.